The lowest BCUT2D eigenvalue weighted by atomic mass is 9.97. The van der Waals surface area contributed by atoms with Crippen LogP contribution in [0.4, 0.5) is 0 Å². The highest BCUT2D eigenvalue weighted by Crippen LogP contribution is 2.20. The summed E-state index contributed by atoms with van der Waals surface area (Å²) in [5.41, 5.74) is 0. The number of ether oxygens (including phenoxy) is 1. The zero-order valence-corrected chi connectivity index (χ0v) is 5.69. The number of hydrogen-bond acceptors (Lipinski definition) is 3. The zero-order chi connectivity index (χ0) is 8.43. The molecule has 0 aliphatic carbocycles. The Hall–Kier alpha value is -1.10. The van der Waals surface area contributed by atoms with E-state index in [1.54, 1.807) is 0 Å². The number of aliphatic carboxylic acids is 2. The minimum Gasteiger partial charge on any atom is -0.481 e. The van der Waals surface area contributed by atoms with Crippen LogP contribution in [0.3, 0.4) is 0 Å². The molecular weight excluding hydrogens is 152 g/mol. The molecule has 1 aliphatic heterocycles. The Labute approximate surface area is 62.6 Å². The molecule has 1 fully saturated rings. The van der Waals surface area contributed by atoms with Gasteiger partial charge in [0.05, 0.1) is 25.0 Å². The molecule has 1 saturated heterocycles. The highest BCUT2D eigenvalue weighted by molar-refractivity contribution is 5.80. The third-order valence-electron chi connectivity index (χ3n) is 1.71. The van der Waals surface area contributed by atoms with Gasteiger partial charge >= 0.3 is 11.9 Å². The van der Waals surface area contributed by atoms with E-state index in [1.165, 1.54) is 0 Å². The van der Waals surface area contributed by atoms with Gasteiger partial charge in [-0.15, -0.1) is 0 Å². The first-order chi connectivity index (χ1) is 5.13. The lowest BCUT2D eigenvalue weighted by molar-refractivity contribution is -0.151. The second-order valence-electron chi connectivity index (χ2n) is 2.43. The largest absolute Gasteiger partial charge is 0.481 e. The molecular formula is C6H8O5. The number of carboxylic acid groups (broad SMARTS) is 2. The fraction of sp³-hybridized carbons (Fsp3) is 0.667. The predicted molar refractivity (Wildman–Crippen MR) is 33.1 cm³/mol. The standard InChI is InChI=1S/C6H8O5/c7-5(8)3-1-11-2-4(3)6(9)10/h3-4H,1-2H2,(H,7,8)(H,9,10)/t3-,4-/m1/s1. The summed E-state index contributed by atoms with van der Waals surface area (Å²) in [7, 11) is 0. The summed E-state index contributed by atoms with van der Waals surface area (Å²) in [6.07, 6.45) is 0. The molecule has 11 heavy (non-hydrogen) atoms. The van der Waals surface area contributed by atoms with Crippen LogP contribution in [0.5, 0.6) is 0 Å². The normalized spacial score (nSPS) is 30.2. The summed E-state index contributed by atoms with van der Waals surface area (Å²) < 4.78 is 4.73. The number of carboxylic acids is 2. The molecule has 1 aliphatic rings. The second-order valence-corrected chi connectivity index (χ2v) is 2.43. The van der Waals surface area contributed by atoms with Crippen molar-refractivity contribution in [1.82, 2.24) is 0 Å². The quantitative estimate of drug-likeness (QED) is 0.564. The summed E-state index contributed by atoms with van der Waals surface area (Å²) in [6.45, 7) is 0.0125. The van der Waals surface area contributed by atoms with Gasteiger partial charge in [-0.3, -0.25) is 9.59 Å². The summed E-state index contributed by atoms with van der Waals surface area (Å²) in [6, 6.07) is 0. The third kappa shape index (κ3) is 1.48. The Kier molecular flexibility index (Phi) is 2.09. The maximum atomic E-state index is 10.4. The van der Waals surface area contributed by atoms with Crippen molar-refractivity contribution in [2.24, 2.45) is 11.8 Å². The van der Waals surface area contributed by atoms with Crippen molar-refractivity contribution >= 4 is 11.9 Å². The number of carbonyl (C=O) groups is 2. The molecule has 2 N–H and O–H groups in total. The topological polar surface area (TPSA) is 83.8 Å². The molecule has 0 saturated carbocycles. The minimum absolute atomic E-state index is 0.00625. The fourth-order valence-electron chi connectivity index (χ4n) is 1.04. The van der Waals surface area contributed by atoms with Crippen molar-refractivity contribution in [1.29, 1.82) is 0 Å². The molecule has 0 aromatic heterocycles. The average molecular weight is 160 g/mol. The first kappa shape index (κ1) is 8.00. The van der Waals surface area contributed by atoms with Crippen LogP contribution in [0.15, 0.2) is 0 Å². The van der Waals surface area contributed by atoms with Crippen molar-refractivity contribution in [3.05, 3.63) is 0 Å². The van der Waals surface area contributed by atoms with Crippen LogP contribution in [-0.2, 0) is 14.3 Å². The Morgan fingerprint density at radius 2 is 1.45 bits per heavy atom. The Morgan fingerprint density at radius 3 is 1.73 bits per heavy atom. The van der Waals surface area contributed by atoms with E-state index in [9.17, 15) is 9.59 Å². The fourth-order valence-corrected chi connectivity index (χ4v) is 1.04. The van der Waals surface area contributed by atoms with Gasteiger partial charge in [0.25, 0.3) is 0 Å². The molecule has 5 nitrogen and oxygen atoms in total. The van der Waals surface area contributed by atoms with Crippen molar-refractivity contribution < 1.29 is 24.5 Å². The molecule has 62 valence electrons. The van der Waals surface area contributed by atoms with Gasteiger partial charge in [0, 0.05) is 0 Å². The molecule has 2 atom stereocenters. The van der Waals surface area contributed by atoms with E-state index in [1.807, 2.05) is 0 Å². The van der Waals surface area contributed by atoms with Gasteiger partial charge in [-0.2, -0.15) is 0 Å². The molecule has 0 aromatic carbocycles. The zero-order valence-electron chi connectivity index (χ0n) is 5.69. The predicted octanol–water partition coefficient (Wildman–Crippen LogP) is -0.582. The molecule has 1 heterocycles. The van der Waals surface area contributed by atoms with Gasteiger partial charge < -0.3 is 14.9 Å². The van der Waals surface area contributed by atoms with E-state index >= 15 is 0 Å². The molecule has 1 rings (SSSR count). The summed E-state index contributed by atoms with van der Waals surface area (Å²) in [4.78, 5) is 20.7. The van der Waals surface area contributed by atoms with Crippen molar-refractivity contribution in [3.8, 4) is 0 Å². The maximum Gasteiger partial charge on any atom is 0.309 e. The molecule has 0 radical (unpaired) electrons. The van der Waals surface area contributed by atoms with Gasteiger partial charge in [0.15, 0.2) is 0 Å². The van der Waals surface area contributed by atoms with Crippen LogP contribution in [0, 0.1) is 11.8 Å². The summed E-state index contributed by atoms with van der Waals surface area (Å²) in [5.74, 6) is -3.97. The highest BCUT2D eigenvalue weighted by atomic mass is 16.5. The number of rotatable bonds is 2. The van der Waals surface area contributed by atoms with E-state index in [0.29, 0.717) is 0 Å². The summed E-state index contributed by atoms with van der Waals surface area (Å²) in [5, 5.41) is 17.0. The molecule has 0 unspecified atom stereocenters. The highest BCUT2D eigenvalue weighted by Gasteiger charge is 2.38. The number of hydrogen-bond donors (Lipinski definition) is 2. The van der Waals surface area contributed by atoms with E-state index in [4.69, 9.17) is 14.9 Å². The van der Waals surface area contributed by atoms with E-state index in [-0.39, 0.29) is 13.2 Å². The van der Waals surface area contributed by atoms with Gasteiger partial charge in [-0.05, 0) is 0 Å². The van der Waals surface area contributed by atoms with Gasteiger partial charge in [-0.25, -0.2) is 0 Å². The van der Waals surface area contributed by atoms with E-state index in [2.05, 4.69) is 0 Å². The first-order valence-electron chi connectivity index (χ1n) is 3.16. The first-order valence-corrected chi connectivity index (χ1v) is 3.16. The van der Waals surface area contributed by atoms with E-state index in [0.717, 1.165) is 0 Å². The molecule has 0 bridgehead atoms. The Bertz CT molecular complexity index is 167. The molecule has 0 spiro atoms. The Balaban J connectivity index is 2.65. The lowest BCUT2D eigenvalue weighted by Gasteiger charge is -2.06. The van der Waals surface area contributed by atoms with Crippen molar-refractivity contribution in [2.75, 3.05) is 13.2 Å². The van der Waals surface area contributed by atoms with Crippen LogP contribution in [0.1, 0.15) is 0 Å². The van der Waals surface area contributed by atoms with Crippen LogP contribution in [-0.4, -0.2) is 35.4 Å². The molecule has 0 aromatic rings. The van der Waals surface area contributed by atoms with Crippen LogP contribution in [0.25, 0.3) is 0 Å². The van der Waals surface area contributed by atoms with Gasteiger partial charge in [-0.1, -0.05) is 0 Å². The SMILES string of the molecule is O=C(O)[C@@H]1COC[C@H]1C(=O)O. The molecule has 5 heteroatoms. The van der Waals surface area contributed by atoms with Crippen molar-refractivity contribution in [3.63, 3.8) is 0 Å². The average Bonchev–Trinajstić information content (AvgIpc) is 2.32. The summed E-state index contributed by atoms with van der Waals surface area (Å²) >= 11 is 0. The van der Waals surface area contributed by atoms with Gasteiger partial charge in [0.2, 0.25) is 0 Å². The minimum atomic E-state index is -1.10. The van der Waals surface area contributed by atoms with Gasteiger partial charge in [0.1, 0.15) is 0 Å². The molecule has 0 amide bonds. The third-order valence-corrected chi connectivity index (χ3v) is 1.71. The van der Waals surface area contributed by atoms with Crippen LogP contribution < -0.4 is 0 Å². The lowest BCUT2D eigenvalue weighted by Crippen LogP contribution is -2.28. The van der Waals surface area contributed by atoms with Crippen molar-refractivity contribution in [2.45, 2.75) is 0 Å². The Morgan fingerprint density at radius 1 is 1.09 bits per heavy atom. The van der Waals surface area contributed by atoms with E-state index < -0.39 is 23.8 Å². The van der Waals surface area contributed by atoms with Crippen LogP contribution in [0.2, 0.25) is 0 Å². The smallest absolute Gasteiger partial charge is 0.309 e. The second kappa shape index (κ2) is 2.87. The van der Waals surface area contributed by atoms with Crippen LogP contribution >= 0.6 is 0 Å². The maximum absolute atomic E-state index is 10.4. The monoisotopic (exact) mass is 160 g/mol.